The fraction of sp³-hybridized carbons (Fsp3) is 0. The van der Waals surface area contributed by atoms with E-state index in [9.17, 15) is 14.5 Å². The van der Waals surface area contributed by atoms with Gasteiger partial charge in [0.2, 0.25) is 0 Å². The molecule has 0 spiro atoms. The minimum Gasteiger partial charge on any atom is -0.258 e. The number of nitro groups is 1. The number of hydrogen-bond donors (Lipinski definition) is 0. The van der Waals surface area contributed by atoms with Gasteiger partial charge >= 0.3 is 0 Å². The van der Waals surface area contributed by atoms with Gasteiger partial charge < -0.3 is 0 Å². The fourth-order valence-electron chi connectivity index (χ4n) is 2.95. The van der Waals surface area contributed by atoms with Gasteiger partial charge in [-0.1, -0.05) is 30.4 Å². The molecule has 0 aliphatic heterocycles. The third-order valence-corrected chi connectivity index (χ3v) is 4.44. The van der Waals surface area contributed by atoms with E-state index in [1.54, 1.807) is 28.9 Å². The van der Waals surface area contributed by atoms with E-state index in [1.165, 1.54) is 24.3 Å². The zero-order chi connectivity index (χ0) is 20.2. The van der Waals surface area contributed by atoms with Crippen molar-refractivity contribution in [1.82, 2.24) is 9.78 Å². The third-order valence-electron chi connectivity index (χ3n) is 4.44. The van der Waals surface area contributed by atoms with Crippen LogP contribution in [0.3, 0.4) is 0 Å². The molecular weight excluding hydrogens is 369 g/mol. The Morgan fingerprint density at radius 3 is 2.24 bits per heavy atom. The summed E-state index contributed by atoms with van der Waals surface area (Å²) in [5.74, 6) is -0.306. The van der Waals surface area contributed by atoms with Gasteiger partial charge in [0.1, 0.15) is 5.82 Å². The molecule has 3 aromatic carbocycles. The van der Waals surface area contributed by atoms with Crippen LogP contribution in [0.25, 0.3) is 29.1 Å². The van der Waals surface area contributed by atoms with Gasteiger partial charge in [0.05, 0.1) is 16.3 Å². The number of non-ortho nitro benzene ring substituents is 1. The molecule has 0 unspecified atom stereocenters. The van der Waals surface area contributed by atoms with Crippen molar-refractivity contribution >= 4 is 17.8 Å². The summed E-state index contributed by atoms with van der Waals surface area (Å²) < 4.78 is 15.1. The molecule has 0 aliphatic rings. The van der Waals surface area contributed by atoms with Gasteiger partial charge in [0.15, 0.2) is 0 Å². The summed E-state index contributed by atoms with van der Waals surface area (Å²) in [4.78, 5) is 10.4. The third kappa shape index (κ3) is 4.11. The smallest absolute Gasteiger partial charge is 0.258 e. The van der Waals surface area contributed by atoms with Crippen molar-refractivity contribution < 1.29 is 9.31 Å². The largest absolute Gasteiger partial charge is 0.269 e. The molecule has 0 N–H and O–H groups in total. The molecule has 0 aliphatic carbocycles. The molecule has 0 saturated carbocycles. The first-order valence-electron chi connectivity index (χ1n) is 8.94. The molecule has 6 heteroatoms. The second kappa shape index (κ2) is 7.90. The summed E-state index contributed by atoms with van der Waals surface area (Å²) in [5.41, 5.74) is 4.14. The number of hydrogen-bond acceptors (Lipinski definition) is 3. The Bertz CT molecular complexity index is 1170. The van der Waals surface area contributed by atoms with Crippen molar-refractivity contribution in [3.8, 4) is 16.9 Å². The Morgan fingerprint density at radius 1 is 0.897 bits per heavy atom. The molecule has 0 bridgehead atoms. The van der Waals surface area contributed by atoms with E-state index in [4.69, 9.17) is 0 Å². The summed E-state index contributed by atoms with van der Waals surface area (Å²) in [7, 11) is 0. The molecule has 1 heterocycles. The van der Waals surface area contributed by atoms with Gasteiger partial charge in [-0.05, 0) is 54.1 Å². The maximum atomic E-state index is 13.3. The van der Waals surface area contributed by atoms with Gasteiger partial charge in [0, 0.05) is 29.5 Å². The molecule has 4 aromatic rings. The normalized spacial score (nSPS) is 11.1. The highest BCUT2D eigenvalue weighted by Crippen LogP contribution is 2.26. The predicted octanol–water partition coefficient (Wildman–Crippen LogP) is 5.76. The van der Waals surface area contributed by atoms with Gasteiger partial charge in [-0.15, -0.1) is 0 Å². The molecule has 29 heavy (non-hydrogen) atoms. The lowest BCUT2D eigenvalue weighted by atomic mass is 10.1. The van der Waals surface area contributed by atoms with Crippen LogP contribution in [-0.2, 0) is 0 Å². The maximum absolute atomic E-state index is 13.3. The van der Waals surface area contributed by atoms with Gasteiger partial charge in [-0.25, -0.2) is 9.07 Å². The molecule has 0 radical (unpaired) electrons. The highest BCUT2D eigenvalue weighted by atomic mass is 19.1. The number of nitro benzene ring substituents is 1. The lowest BCUT2D eigenvalue weighted by Crippen LogP contribution is -1.94. The fourth-order valence-corrected chi connectivity index (χ4v) is 2.95. The van der Waals surface area contributed by atoms with Crippen molar-refractivity contribution in [3.05, 3.63) is 112 Å². The van der Waals surface area contributed by atoms with Crippen molar-refractivity contribution in [2.45, 2.75) is 0 Å². The van der Waals surface area contributed by atoms with Gasteiger partial charge in [0.25, 0.3) is 5.69 Å². The molecule has 1 aromatic heterocycles. The molecule has 4 rings (SSSR count). The maximum Gasteiger partial charge on any atom is 0.269 e. The lowest BCUT2D eigenvalue weighted by Gasteiger charge is -2.00. The summed E-state index contributed by atoms with van der Waals surface area (Å²) in [5, 5.41) is 15.5. The van der Waals surface area contributed by atoms with Crippen LogP contribution >= 0.6 is 0 Å². The van der Waals surface area contributed by atoms with Crippen LogP contribution in [0.5, 0.6) is 0 Å². The number of rotatable bonds is 5. The number of benzene rings is 3. The molecule has 142 valence electrons. The topological polar surface area (TPSA) is 61.0 Å². The lowest BCUT2D eigenvalue weighted by molar-refractivity contribution is -0.384. The minimum absolute atomic E-state index is 0.0473. The van der Waals surface area contributed by atoms with E-state index < -0.39 is 4.92 Å². The zero-order valence-corrected chi connectivity index (χ0v) is 15.3. The molecule has 0 atom stereocenters. The van der Waals surface area contributed by atoms with Gasteiger partial charge in [-0.2, -0.15) is 5.10 Å². The van der Waals surface area contributed by atoms with E-state index in [1.807, 2.05) is 48.7 Å². The standard InChI is InChI=1S/C23H16FN3O2/c24-20-12-10-18(11-13-20)23-19(16-26(25-23)21-4-2-1-3-5-21)9-6-17-7-14-22(15-8-17)27(28)29/h1-16H/b9-6+. The van der Waals surface area contributed by atoms with E-state index in [0.717, 1.165) is 22.4 Å². The van der Waals surface area contributed by atoms with E-state index in [0.29, 0.717) is 5.69 Å². The Balaban J connectivity index is 1.73. The number of halogens is 1. The van der Waals surface area contributed by atoms with Crippen LogP contribution in [0.1, 0.15) is 11.1 Å². The van der Waals surface area contributed by atoms with E-state index in [-0.39, 0.29) is 11.5 Å². The Labute approximate surface area is 166 Å². The second-order valence-electron chi connectivity index (χ2n) is 6.40. The quantitative estimate of drug-likeness (QED) is 0.324. The monoisotopic (exact) mass is 385 g/mol. The number of nitrogens with zero attached hydrogens (tertiary/aromatic N) is 3. The van der Waals surface area contributed by atoms with Crippen LogP contribution in [0, 0.1) is 15.9 Å². The highest BCUT2D eigenvalue weighted by Gasteiger charge is 2.11. The summed E-state index contributed by atoms with van der Waals surface area (Å²) in [6, 6.07) is 22.2. The van der Waals surface area contributed by atoms with Crippen LogP contribution in [0.2, 0.25) is 0 Å². The predicted molar refractivity (Wildman–Crippen MR) is 111 cm³/mol. The molecule has 0 saturated heterocycles. The average molecular weight is 385 g/mol. The molecule has 5 nitrogen and oxygen atoms in total. The SMILES string of the molecule is O=[N+]([O-])c1ccc(/C=C/c2cn(-c3ccccc3)nc2-c2ccc(F)cc2)cc1. The zero-order valence-electron chi connectivity index (χ0n) is 15.3. The summed E-state index contributed by atoms with van der Waals surface area (Å²) in [6.45, 7) is 0. The van der Waals surface area contributed by atoms with Crippen LogP contribution in [0.15, 0.2) is 85.1 Å². The Morgan fingerprint density at radius 2 is 1.59 bits per heavy atom. The van der Waals surface area contributed by atoms with Crippen molar-refractivity contribution in [2.24, 2.45) is 0 Å². The van der Waals surface area contributed by atoms with Crippen molar-refractivity contribution in [1.29, 1.82) is 0 Å². The highest BCUT2D eigenvalue weighted by molar-refractivity contribution is 5.79. The first-order chi connectivity index (χ1) is 14.1. The minimum atomic E-state index is -0.427. The molecular formula is C23H16FN3O2. The first-order valence-corrected chi connectivity index (χ1v) is 8.94. The van der Waals surface area contributed by atoms with E-state index >= 15 is 0 Å². The van der Waals surface area contributed by atoms with Crippen LogP contribution in [-0.4, -0.2) is 14.7 Å². The van der Waals surface area contributed by atoms with Crippen LogP contribution in [0.4, 0.5) is 10.1 Å². The van der Waals surface area contributed by atoms with Gasteiger partial charge in [-0.3, -0.25) is 10.1 Å². The van der Waals surface area contributed by atoms with Crippen molar-refractivity contribution in [2.75, 3.05) is 0 Å². The number of para-hydroxylation sites is 1. The van der Waals surface area contributed by atoms with Crippen LogP contribution < -0.4 is 0 Å². The number of aromatic nitrogens is 2. The Kier molecular flexibility index (Phi) is 4.99. The summed E-state index contributed by atoms with van der Waals surface area (Å²) in [6.07, 6.45) is 5.66. The second-order valence-corrected chi connectivity index (χ2v) is 6.40. The van der Waals surface area contributed by atoms with Crippen molar-refractivity contribution in [3.63, 3.8) is 0 Å². The molecule has 0 fully saturated rings. The summed E-state index contributed by atoms with van der Waals surface area (Å²) >= 11 is 0. The average Bonchev–Trinajstić information content (AvgIpc) is 3.18. The first kappa shape index (κ1) is 18.3. The Hall–Kier alpha value is -4.06. The van der Waals surface area contributed by atoms with E-state index in [2.05, 4.69) is 5.10 Å². The molecule has 0 amide bonds.